The van der Waals surface area contributed by atoms with Gasteiger partial charge in [-0.2, -0.15) is 4.31 Å². The van der Waals surface area contributed by atoms with E-state index in [9.17, 15) is 18.0 Å². The molecule has 0 N–H and O–H groups in total. The predicted molar refractivity (Wildman–Crippen MR) is 107 cm³/mol. The highest BCUT2D eigenvalue weighted by Crippen LogP contribution is 2.26. The quantitative estimate of drug-likeness (QED) is 0.505. The highest BCUT2D eigenvalue weighted by atomic mass is 79.9. The topological polar surface area (TPSA) is 93.2 Å². The van der Waals surface area contributed by atoms with Gasteiger partial charge in [-0.15, -0.1) is 0 Å². The molecule has 0 atom stereocenters. The SMILES string of the molecule is CCOC(=O)CN(CCOC)C(=O)c1cc(S(=O)(=O)N2CCCC2)ccc1Br. The van der Waals surface area contributed by atoms with Gasteiger partial charge in [-0.05, 0) is 53.9 Å². The average molecular weight is 477 g/mol. The van der Waals surface area contributed by atoms with Crippen LogP contribution in [0, 0.1) is 0 Å². The first-order valence-corrected chi connectivity index (χ1v) is 11.3. The Morgan fingerprint density at radius 1 is 1.25 bits per heavy atom. The standard InChI is InChI=1S/C18H25BrN2O6S/c1-3-27-17(22)13-20(10-11-26-2)18(23)15-12-14(6-7-16(15)19)28(24,25)21-8-4-5-9-21/h6-7,12H,3-5,8-11,13H2,1-2H3. The van der Waals surface area contributed by atoms with E-state index in [0.29, 0.717) is 17.6 Å². The van der Waals surface area contributed by atoms with Crippen LogP contribution in [-0.2, 0) is 24.3 Å². The molecule has 1 aliphatic rings. The molecule has 2 rings (SSSR count). The molecule has 0 spiro atoms. The van der Waals surface area contributed by atoms with Gasteiger partial charge in [-0.1, -0.05) is 0 Å². The molecule has 1 aliphatic heterocycles. The molecule has 1 amide bonds. The van der Waals surface area contributed by atoms with E-state index in [1.165, 1.54) is 34.5 Å². The number of rotatable bonds is 9. The molecular formula is C18H25BrN2O6S. The maximum atomic E-state index is 13.0. The fourth-order valence-corrected chi connectivity index (χ4v) is 4.85. The van der Waals surface area contributed by atoms with E-state index in [0.717, 1.165) is 12.8 Å². The van der Waals surface area contributed by atoms with Gasteiger partial charge in [-0.3, -0.25) is 9.59 Å². The van der Waals surface area contributed by atoms with E-state index in [2.05, 4.69) is 15.9 Å². The minimum Gasteiger partial charge on any atom is -0.465 e. The van der Waals surface area contributed by atoms with Crippen LogP contribution < -0.4 is 0 Å². The second kappa shape index (κ2) is 10.3. The molecule has 0 radical (unpaired) electrons. The van der Waals surface area contributed by atoms with Gasteiger partial charge < -0.3 is 14.4 Å². The molecule has 1 heterocycles. The number of nitrogens with zero attached hydrogens (tertiary/aromatic N) is 2. The summed E-state index contributed by atoms with van der Waals surface area (Å²) in [5.41, 5.74) is 0.167. The molecule has 0 bridgehead atoms. The van der Waals surface area contributed by atoms with Gasteiger partial charge in [0.1, 0.15) is 6.54 Å². The van der Waals surface area contributed by atoms with Crippen LogP contribution in [0.5, 0.6) is 0 Å². The summed E-state index contributed by atoms with van der Waals surface area (Å²) in [5.74, 6) is -1.01. The summed E-state index contributed by atoms with van der Waals surface area (Å²) < 4.78 is 37.4. The van der Waals surface area contributed by atoms with Crippen LogP contribution in [0.3, 0.4) is 0 Å². The van der Waals surface area contributed by atoms with Crippen LogP contribution in [-0.4, -0.2) is 76.0 Å². The molecule has 1 aromatic carbocycles. The summed E-state index contributed by atoms with van der Waals surface area (Å²) in [5, 5.41) is 0. The lowest BCUT2D eigenvalue weighted by Gasteiger charge is -2.23. The zero-order valence-corrected chi connectivity index (χ0v) is 18.4. The summed E-state index contributed by atoms with van der Waals surface area (Å²) in [6, 6.07) is 4.36. The Balaban J connectivity index is 2.32. The number of amides is 1. The Morgan fingerprint density at radius 2 is 1.93 bits per heavy atom. The fourth-order valence-electron chi connectivity index (χ4n) is 2.89. The van der Waals surface area contributed by atoms with Crippen LogP contribution in [0.25, 0.3) is 0 Å². The average Bonchev–Trinajstić information content (AvgIpc) is 3.20. The second-order valence-corrected chi connectivity index (χ2v) is 9.07. The van der Waals surface area contributed by atoms with Crippen molar-refractivity contribution in [1.29, 1.82) is 0 Å². The van der Waals surface area contributed by atoms with Crippen molar-refractivity contribution < 1.29 is 27.5 Å². The van der Waals surface area contributed by atoms with Gasteiger partial charge in [0.05, 0.1) is 23.7 Å². The molecule has 1 saturated heterocycles. The Bertz CT molecular complexity index is 808. The summed E-state index contributed by atoms with van der Waals surface area (Å²) in [6.07, 6.45) is 1.65. The molecule has 156 valence electrons. The highest BCUT2D eigenvalue weighted by Gasteiger charge is 2.29. The smallest absolute Gasteiger partial charge is 0.325 e. The van der Waals surface area contributed by atoms with Crippen LogP contribution >= 0.6 is 15.9 Å². The van der Waals surface area contributed by atoms with E-state index in [1.54, 1.807) is 6.92 Å². The number of hydrogen-bond acceptors (Lipinski definition) is 6. The van der Waals surface area contributed by atoms with Crippen molar-refractivity contribution in [1.82, 2.24) is 9.21 Å². The number of benzene rings is 1. The molecule has 10 heteroatoms. The van der Waals surface area contributed by atoms with Gasteiger partial charge in [-0.25, -0.2) is 8.42 Å². The Hall–Kier alpha value is -1.49. The van der Waals surface area contributed by atoms with Gasteiger partial charge >= 0.3 is 5.97 Å². The zero-order valence-electron chi connectivity index (χ0n) is 16.0. The van der Waals surface area contributed by atoms with Crippen LogP contribution in [0.15, 0.2) is 27.6 Å². The number of halogens is 1. The van der Waals surface area contributed by atoms with Gasteiger partial charge in [0, 0.05) is 31.2 Å². The summed E-state index contributed by atoms with van der Waals surface area (Å²) in [4.78, 5) is 26.2. The molecule has 1 fully saturated rings. The third-order valence-electron chi connectivity index (χ3n) is 4.35. The molecule has 0 unspecified atom stereocenters. The van der Waals surface area contributed by atoms with E-state index in [4.69, 9.17) is 9.47 Å². The first-order chi connectivity index (χ1) is 13.3. The fraction of sp³-hybridized carbons (Fsp3) is 0.556. The van der Waals surface area contributed by atoms with Crippen molar-refractivity contribution in [3.63, 3.8) is 0 Å². The number of carbonyl (C=O) groups excluding carboxylic acids is 2. The number of sulfonamides is 1. The van der Waals surface area contributed by atoms with E-state index >= 15 is 0 Å². The largest absolute Gasteiger partial charge is 0.465 e. The van der Waals surface area contributed by atoms with E-state index in [-0.39, 0.29) is 36.8 Å². The Labute approximate surface area is 174 Å². The third kappa shape index (κ3) is 5.53. The number of esters is 1. The molecule has 28 heavy (non-hydrogen) atoms. The zero-order chi connectivity index (χ0) is 20.7. The number of methoxy groups -OCH3 is 1. The first kappa shape index (κ1) is 22.8. The Kier molecular flexibility index (Phi) is 8.41. The van der Waals surface area contributed by atoms with Crippen molar-refractivity contribution >= 4 is 37.8 Å². The van der Waals surface area contributed by atoms with Gasteiger partial charge in [0.25, 0.3) is 5.91 Å². The van der Waals surface area contributed by atoms with Crippen molar-refractivity contribution in [3.05, 3.63) is 28.2 Å². The monoisotopic (exact) mass is 476 g/mol. The highest BCUT2D eigenvalue weighted by molar-refractivity contribution is 9.10. The molecule has 0 aromatic heterocycles. The van der Waals surface area contributed by atoms with Crippen LogP contribution in [0.2, 0.25) is 0 Å². The number of ether oxygens (including phenoxy) is 2. The lowest BCUT2D eigenvalue weighted by molar-refractivity contribution is -0.143. The molecule has 0 aliphatic carbocycles. The minimum absolute atomic E-state index is 0.0591. The number of carbonyl (C=O) groups is 2. The molecule has 8 nitrogen and oxygen atoms in total. The van der Waals surface area contributed by atoms with Crippen LogP contribution in [0.4, 0.5) is 0 Å². The van der Waals surface area contributed by atoms with Gasteiger partial charge in [0.2, 0.25) is 10.0 Å². The lowest BCUT2D eigenvalue weighted by atomic mass is 10.2. The first-order valence-electron chi connectivity index (χ1n) is 9.04. The summed E-state index contributed by atoms with van der Waals surface area (Å²) >= 11 is 3.31. The molecule has 0 saturated carbocycles. The third-order valence-corrected chi connectivity index (χ3v) is 6.94. The van der Waals surface area contributed by atoms with Crippen molar-refractivity contribution in [2.24, 2.45) is 0 Å². The van der Waals surface area contributed by atoms with Crippen molar-refractivity contribution in [2.45, 2.75) is 24.7 Å². The summed E-state index contributed by atoms with van der Waals surface area (Å²) in [6.45, 7) is 3.00. The maximum absolute atomic E-state index is 13.0. The van der Waals surface area contributed by atoms with Crippen LogP contribution in [0.1, 0.15) is 30.1 Å². The summed E-state index contributed by atoms with van der Waals surface area (Å²) in [7, 11) is -2.17. The van der Waals surface area contributed by atoms with E-state index < -0.39 is 21.9 Å². The lowest BCUT2D eigenvalue weighted by Crippen LogP contribution is -2.39. The number of hydrogen-bond donors (Lipinski definition) is 0. The van der Waals surface area contributed by atoms with Crippen molar-refractivity contribution in [2.75, 3.05) is 46.5 Å². The van der Waals surface area contributed by atoms with Crippen molar-refractivity contribution in [3.8, 4) is 0 Å². The maximum Gasteiger partial charge on any atom is 0.325 e. The van der Waals surface area contributed by atoms with E-state index in [1.807, 2.05) is 0 Å². The van der Waals surface area contributed by atoms with Gasteiger partial charge in [0.15, 0.2) is 0 Å². The predicted octanol–water partition coefficient (Wildman–Crippen LogP) is 1.89. The normalized spacial score (nSPS) is 14.8. The Morgan fingerprint density at radius 3 is 2.54 bits per heavy atom. The second-order valence-electron chi connectivity index (χ2n) is 6.28. The molecular weight excluding hydrogens is 452 g/mol. The minimum atomic E-state index is -3.66. The molecule has 1 aromatic rings.